The standard InChI is InChI=1S/C18H19FN2O3/c19-15-3-1-12(2-4-15)7-13-5-6-21(11-17(13)23)18(24)14-8-16(22)10-20-9-14/h1-4,8-10,13,17,22-23H,5-7,11H2/t13-,17+/m1/s1. The summed E-state index contributed by atoms with van der Waals surface area (Å²) in [4.78, 5) is 17.8. The summed E-state index contributed by atoms with van der Waals surface area (Å²) < 4.78 is 13.0. The fraction of sp³-hybridized carbons (Fsp3) is 0.333. The Hall–Kier alpha value is -2.47. The molecule has 126 valence electrons. The molecule has 2 atom stereocenters. The number of amides is 1. The Bertz CT molecular complexity index is 720. The number of carbonyl (C=O) groups excluding carboxylic acids is 1. The van der Waals surface area contributed by atoms with Crippen molar-refractivity contribution in [2.45, 2.75) is 18.9 Å². The number of halogens is 1. The minimum Gasteiger partial charge on any atom is -0.506 e. The lowest BCUT2D eigenvalue weighted by atomic mass is 9.87. The molecule has 1 saturated heterocycles. The van der Waals surface area contributed by atoms with Crippen molar-refractivity contribution in [3.05, 3.63) is 59.7 Å². The van der Waals surface area contributed by atoms with Gasteiger partial charge < -0.3 is 15.1 Å². The maximum Gasteiger partial charge on any atom is 0.255 e. The van der Waals surface area contributed by atoms with Crippen LogP contribution in [0.3, 0.4) is 0 Å². The second-order valence-corrected chi connectivity index (χ2v) is 6.13. The number of piperidine rings is 1. The van der Waals surface area contributed by atoms with E-state index in [2.05, 4.69) is 4.98 Å². The molecule has 1 aromatic carbocycles. The number of benzene rings is 1. The summed E-state index contributed by atoms with van der Waals surface area (Å²) in [5.41, 5.74) is 1.27. The lowest BCUT2D eigenvalue weighted by Gasteiger charge is -2.36. The predicted molar refractivity (Wildman–Crippen MR) is 86.0 cm³/mol. The van der Waals surface area contributed by atoms with E-state index in [1.807, 2.05) is 0 Å². The Labute approximate surface area is 139 Å². The van der Waals surface area contributed by atoms with Crippen molar-refractivity contribution >= 4 is 5.91 Å². The zero-order chi connectivity index (χ0) is 17.1. The first-order valence-corrected chi connectivity index (χ1v) is 7.89. The van der Waals surface area contributed by atoms with Crippen LogP contribution in [0.1, 0.15) is 22.3 Å². The molecule has 1 aliphatic rings. The summed E-state index contributed by atoms with van der Waals surface area (Å²) in [6.07, 6.45) is 3.34. The SMILES string of the molecule is O=C(c1cncc(O)c1)N1CC[C@H](Cc2ccc(F)cc2)[C@@H](O)C1. The average molecular weight is 330 g/mol. The lowest BCUT2D eigenvalue weighted by Crippen LogP contribution is -2.47. The van der Waals surface area contributed by atoms with E-state index in [1.54, 1.807) is 17.0 Å². The van der Waals surface area contributed by atoms with Crippen molar-refractivity contribution in [3.8, 4) is 5.75 Å². The van der Waals surface area contributed by atoms with Gasteiger partial charge in [-0.15, -0.1) is 0 Å². The Morgan fingerprint density at radius 1 is 1.29 bits per heavy atom. The molecule has 5 nitrogen and oxygen atoms in total. The summed E-state index contributed by atoms with van der Waals surface area (Å²) in [5, 5.41) is 19.8. The van der Waals surface area contributed by atoms with Crippen LogP contribution in [-0.2, 0) is 6.42 Å². The minimum atomic E-state index is -0.641. The van der Waals surface area contributed by atoms with Crippen LogP contribution in [0.15, 0.2) is 42.7 Å². The fourth-order valence-electron chi connectivity index (χ4n) is 3.05. The summed E-state index contributed by atoms with van der Waals surface area (Å²) >= 11 is 0. The first kappa shape index (κ1) is 16.4. The van der Waals surface area contributed by atoms with Gasteiger partial charge in [0.1, 0.15) is 11.6 Å². The van der Waals surface area contributed by atoms with Crippen molar-refractivity contribution in [2.75, 3.05) is 13.1 Å². The number of β-amino-alcohol motifs (C(OH)–C–C–N with tert-alkyl or cyclic N) is 1. The number of hydrogen-bond donors (Lipinski definition) is 2. The fourth-order valence-corrected chi connectivity index (χ4v) is 3.05. The number of aliphatic hydroxyl groups excluding tert-OH is 1. The van der Waals surface area contributed by atoms with E-state index < -0.39 is 6.10 Å². The van der Waals surface area contributed by atoms with Crippen LogP contribution >= 0.6 is 0 Å². The van der Waals surface area contributed by atoms with Crippen molar-refractivity contribution in [1.82, 2.24) is 9.88 Å². The Kier molecular flexibility index (Phi) is 4.76. The molecular weight excluding hydrogens is 311 g/mol. The van der Waals surface area contributed by atoms with E-state index in [0.717, 1.165) is 5.56 Å². The molecule has 1 aromatic heterocycles. The van der Waals surface area contributed by atoms with Gasteiger partial charge in [-0.2, -0.15) is 0 Å². The third-order valence-corrected chi connectivity index (χ3v) is 4.39. The molecule has 0 saturated carbocycles. The first-order valence-electron chi connectivity index (χ1n) is 7.89. The molecule has 0 aliphatic carbocycles. The second-order valence-electron chi connectivity index (χ2n) is 6.13. The zero-order valence-electron chi connectivity index (χ0n) is 13.1. The molecule has 3 rings (SSSR count). The smallest absolute Gasteiger partial charge is 0.255 e. The number of carbonyl (C=O) groups is 1. The van der Waals surface area contributed by atoms with Gasteiger partial charge in [0.15, 0.2) is 0 Å². The maximum atomic E-state index is 13.0. The van der Waals surface area contributed by atoms with Gasteiger partial charge in [0.05, 0.1) is 17.9 Å². The van der Waals surface area contributed by atoms with Crippen molar-refractivity contribution in [2.24, 2.45) is 5.92 Å². The molecule has 0 bridgehead atoms. The van der Waals surface area contributed by atoms with Gasteiger partial charge in [-0.3, -0.25) is 9.78 Å². The zero-order valence-corrected chi connectivity index (χ0v) is 13.1. The monoisotopic (exact) mass is 330 g/mol. The summed E-state index contributed by atoms with van der Waals surface area (Å²) in [6.45, 7) is 0.762. The number of likely N-dealkylation sites (tertiary alicyclic amines) is 1. The number of aromatic hydroxyl groups is 1. The largest absolute Gasteiger partial charge is 0.506 e. The number of pyridine rings is 1. The first-order chi connectivity index (χ1) is 11.5. The second kappa shape index (κ2) is 6.97. The number of aliphatic hydroxyl groups is 1. The van der Waals surface area contributed by atoms with Crippen molar-refractivity contribution in [3.63, 3.8) is 0 Å². The van der Waals surface area contributed by atoms with Crippen LogP contribution in [0.2, 0.25) is 0 Å². The Morgan fingerprint density at radius 3 is 2.71 bits per heavy atom. The molecule has 2 heterocycles. The topological polar surface area (TPSA) is 73.7 Å². The molecule has 24 heavy (non-hydrogen) atoms. The van der Waals surface area contributed by atoms with Crippen LogP contribution in [0.25, 0.3) is 0 Å². The molecule has 1 amide bonds. The van der Waals surface area contributed by atoms with Gasteiger partial charge >= 0.3 is 0 Å². The van der Waals surface area contributed by atoms with Crippen LogP contribution in [-0.4, -0.2) is 45.2 Å². The number of aromatic nitrogens is 1. The molecule has 0 unspecified atom stereocenters. The van der Waals surface area contributed by atoms with Gasteiger partial charge in [-0.05, 0) is 42.5 Å². The molecular formula is C18H19FN2O3. The molecule has 1 fully saturated rings. The van der Waals surface area contributed by atoms with Gasteiger partial charge in [0.2, 0.25) is 0 Å². The summed E-state index contributed by atoms with van der Waals surface area (Å²) in [5.74, 6) is -0.563. The highest BCUT2D eigenvalue weighted by Crippen LogP contribution is 2.24. The van der Waals surface area contributed by atoms with Gasteiger partial charge in [-0.1, -0.05) is 12.1 Å². The van der Waals surface area contributed by atoms with E-state index >= 15 is 0 Å². The Balaban J connectivity index is 1.62. The molecule has 6 heteroatoms. The quantitative estimate of drug-likeness (QED) is 0.903. The highest BCUT2D eigenvalue weighted by atomic mass is 19.1. The van der Waals surface area contributed by atoms with E-state index in [4.69, 9.17) is 0 Å². The number of hydrogen-bond acceptors (Lipinski definition) is 4. The average Bonchev–Trinajstić information content (AvgIpc) is 2.58. The minimum absolute atomic E-state index is 0.0295. The third kappa shape index (κ3) is 3.71. The highest BCUT2D eigenvalue weighted by Gasteiger charge is 2.30. The van der Waals surface area contributed by atoms with Gasteiger partial charge in [-0.25, -0.2) is 4.39 Å². The van der Waals surface area contributed by atoms with Gasteiger partial charge in [0.25, 0.3) is 5.91 Å². The molecule has 0 radical (unpaired) electrons. The molecule has 2 N–H and O–H groups in total. The van der Waals surface area contributed by atoms with Crippen LogP contribution in [0, 0.1) is 11.7 Å². The van der Waals surface area contributed by atoms with E-state index in [-0.39, 0.29) is 29.9 Å². The van der Waals surface area contributed by atoms with E-state index in [1.165, 1.54) is 30.6 Å². The van der Waals surface area contributed by atoms with Gasteiger partial charge in [0, 0.05) is 19.3 Å². The van der Waals surface area contributed by atoms with E-state index in [9.17, 15) is 19.4 Å². The molecule has 2 aromatic rings. The van der Waals surface area contributed by atoms with Crippen LogP contribution in [0.5, 0.6) is 5.75 Å². The van der Waals surface area contributed by atoms with E-state index in [0.29, 0.717) is 24.9 Å². The summed E-state index contributed by atoms with van der Waals surface area (Å²) in [7, 11) is 0. The van der Waals surface area contributed by atoms with Crippen LogP contribution in [0.4, 0.5) is 4.39 Å². The maximum absolute atomic E-state index is 13.0. The van der Waals surface area contributed by atoms with Crippen molar-refractivity contribution < 1.29 is 19.4 Å². The number of nitrogens with zero attached hydrogens (tertiary/aromatic N) is 2. The normalized spacial score (nSPS) is 20.8. The third-order valence-electron chi connectivity index (χ3n) is 4.39. The Morgan fingerprint density at radius 2 is 2.04 bits per heavy atom. The van der Waals surface area contributed by atoms with Crippen molar-refractivity contribution in [1.29, 1.82) is 0 Å². The number of rotatable bonds is 3. The predicted octanol–water partition coefficient (Wildman–Crippen LogP) is 1.99. The highest BCUT2D eigenvalue weighted by molar-refractivity contribution is 5.94. The molecule has 0 spiro atoms. The van der Waals surface area contributed by atoms with Crippen LogP contribution < -0.4 is 0 Å². The summed E-state index contributed by atoms with van der Waals surface area (Å²) in [6, 6.07) is 7.63. The lowest BCUT2D eigenvalue weighted by molar-refractivity contribution is 0.0197. The molecule has 1 aliphatic heterocycles.